The third kappa shape index (κ3) is 5.65. The van der Waals surface area contributed by atoms with E-state index in [2.05, 4.69) is 0 Å². The maximum absolute atomic E-state index is 13.8. The van der Waals surface area contributed by atoms with Crippen LogP contribution in [0.25, 0.3) is 0 Å². The van der Waals surface area contributed by atoms with Crippen molar-refractivity contribution in [3.63, 3.8) is 0 Å². The number of methoxy groups -OCH3 is 2. The Morgan fingerprint density at radius 1 is 0.630 bits per heavy atom. The Bertz CT molecular complexity index is 2280. The molecule has 2 amide bonds. The van der Waals surface area contributed by atoms with Gasteiger partial charge in [-0.3, -0.25) is 34.2 Å². The number of hydrogen-bond donors (Lipinski definition) is 0. The molecule has 0 aromatic heterocycles. The highest BCUT2D eigenvalue weighted by molar-refractivity contribution is 6.15. The second-order valence-electron chi connectivity index (χ2n) is 13.5. The fourth-order valence-electron chi connectivity index (χ4n) is 7.73. The largest absolute Gasteiger partial charge is 0.493 e. The van der Waals surface area contributed by atoms with Gasteiger partial charge in [0.15, 0.2) is 23.0 Å². The average molecular weight is 719 g/mol. The molecule has 1 unspecified atom stereocenters. The zero-order chi connectivity index (χ0) is 36.9. The van der Waals surface area contributed by atoms with Crippen molar-refractivity contribution in [2.75, 3.05) is 24.0 Å². The van der Waals surface area contributed by atoms with E-state index in [1.807, 2.05) is 67.0 Å². The summed E-state index contributed by atoms with van der Waals surface area (Å²) in [7, 11) is 3.05. The van der Waals surface area contributed by atoms with Gasteiger partial charge < -0.3 is 18.9 Å². The lowest BCUT2D eigenvalue weighted by molar-refractivity contribution is 0.0978. The number of fused-ring (bicyclic) bond motifs is 8. The van der Waals surface area contributed by atoms with Crippen LogP contribution in [0.5, 0.6) is 23.0 Å². The topological polar surface area (TPSA) is 119 Å². The summed E-state index contributed by atoms with van der Waals surface area (Å²) < 4.78 is 23.8. The van der Waals surface area contributed by atoms with Crippen LogP contribution in [0.3, 0.4) is 0 Å². The molecule has 0 saturated carbocycles. The van der Waals surface area contributed by atoms with E-state index in [4.69, 9.17) is 28.9 Å². The lowest BCUT2D eigenvalue weighted by Gasteiger charge is -2.22. The summed E-state index contributed by atoms with van der Waals surface area (Å²) in [4.78, 5) is 52.6. The van der Waals surface area contributed by atoms with Crippen molar-refractivity contribution in [2.24, 2.45) is 9.98 Å². The van der Waals surface area contributed by atoms with E-state index < -0.39 is 0 Å². The van der Waals surface area contributed by atoms with Gasteiger partial charge in [-0.1, -0.05) is 36.4 Å². The minimum atomic E-state index is -0.179. The van der Waals surface area contributed by atoms with Gasteiger partial charge in [0.25, 0.3) is 11.8 Å². The molecule has 11 nitrogen and oxygen atoms in total. The molecule has 0 radical (unpaired) electrons. The van der Waals surface area contributed by atoms with Crippen LogP contribution in [0.1, 0.15) is 53.3 Å². The molecule has 0 aliphatic carbocycles. The normalized spacial score (nSPS) is 17.4. The van der Waals surface area contributed by atoms with Gasteiger partial charge in [0.2, 0.25) is 0 Å². The highest BCUT2D eigenvalue weighted by atomic mass is 16.5. The SMILES string of the molecule is COc1cc2c(cc1OCc1cc(C=O)cc(COc3cc4c(cc3OC)C(=O)N3c5ccccc5C[C@H]3C=N4)c1)N=CC1Cc3ccccc3N1C2=O. The Morgan fingerprint density at radius 2 is 1.09 bits per heavy atom. The maximum Gasteiger partial charge on any atom is 0.261 e. The molecular weight excluding hydrogens is 684 g/mol. The number of para-hydroxylation sites is 2. The Labute approximate surface area is 311 Å². The van der Waals surface area contributed by atoms with Crippen molar-refractivity contribution < 1.29 is 33.3 Å². The van der Waals surface area contributed by atoms with E-state index in [-0.39, 0.29) is 37.1 Å². The molecule has 0 fully saturated rings. The first-order valence-corrected chi connectivity index (χ1v) is 17.6. The minimum Gasteiger partial charge on any atom is -0.493 e. The van der Waals surface area contributed by atoms with Crippen LogP contribution >= 0.6 is 0 Å². The fourth-order valence-corrected chi connectivity index (χ4v) is 7.73. The van der Waals surface area contributed by atoms with Gasteiger partial charge in [0, 0.05) is 54.3 Å². The van der Waals surface area contributed by atoms with Crippen molar-refractivity contribution in [3.8, 4) is 23.0 Å². The van der Waals surface area contributed by atoms with Crippen LogP contribution in [0.4, 0.5) is 22.7 Å². The number of rotatable bonds is 9. The zero-order valence-corrected chi connectivity index (χ0v) is 29.5. The Hall–Kier alpha value is -6.75. The molecule has 268 valence electrons. The summed E-state index contributed by atoms with van der Waals surface area (Å²) in [6.45, 7) is 0.201. The summed E-state index contributed by atoms with van der Waals surface area (Å²) in [5, 5.41) is 0. The fraction of sp³-hybridized carbons (Fsp3) is 0.186. The van der Waals surface area contributed by atoms with E-state index in [1.54, 1.807) is 46.2 Å². The smallest absolute Gasteiger partial charge is 0.261 e. The number of carbonyl (C=O) groups is 3. The number of benzene rings is 5. The summed E-state index contributed by atoms with van der Waals surface area (Å²) in [6, 6.07) is 27.6. The quantitative estimate of drug-likeness (QED) is 0.147. The van der Waals surface area contributed by atoms with Crippen LogP contribution in [0, 0.1) is 0 Å². The molecule has 0 N–H and O–H groups in total. The number of anilines is 2. The monoisotopic (exact) mass is 718 g/mol. The average Bonchev–Trinajstić information content (AvgIpc) is 3.70. The van der Waals surface area contributed by atoms with Crippen molar-refractivity contribution >= 4 is 53.3 Å². The third-order valence-electron chi connectivity index (χ3n) is 10.3. The highest BCUT2D eigenvalue weighted by Gasteiger charge is 2.38. The highest BCUT2D eigenvalue weighted by Crippen LogP contribution is 2.43. The van der Waals surface area contributed by atoms with E-state index in [0.29, 0.717) is 63.9 Å². The predicted octanol–water partition coefficient (Wildman–Crippen LogP) is 7.25. The standard InChI is InChI=1S/C43H34N4O7/c1-51-38-16-32-34(44-20-30-14-28-7-3-5-9-36(28)46(30)42(32)49)18-40(38)53-23-26-11-25(22-48)12-27(13-26)24-54-41-19-35-33(17-39(41)52-2)43(50)47-31(21-45-35)15-29-8-4-6-10-37(29)47/h3-13,16-22,30-31H,14-15,23-24H2,1-2H3/t30-,31?/m0/s1. The first kappa shape index (κ1) is 33.1. The molecule has 9 rings (SSSR count). The van der Waals surface area contributed by atoms with Crippen molar-refractivity contribution in [1.82, 2.24) is 0 Å². The first-order valence-electron chi connectivity index (χ1n) is 17.6. The molecular formula is C43H34N4O7. The summed E-state index contributed by atoms with van der Waals surface area (Å²) in [5.41, 5.74) is 7.70. The van der Waals surface area contributed by atoms with Gasteiger partial charge in [-0.25, -0.2) is 0 Å². The zero-order valence-electron chi connectivity index (χ0n) is 29.5. The molecule has 4 aliphatic rings. The van der Waals surface area contributed by atoms with Gasteiger partial charge in [-0.2, -0.15) is 0 Å². The first-order chi connectivity index (χ1) is 26.4. The molecule has 5 aromatic carbocycles. The van der Waals surface area contributed by atoms with Crippen molar-refractivity contribution in [3.05, 3.63) is 130 Å². The number of carbonyl (C=O) groups excluding carboxylic acids is 3. The number of amides is 2. The molecule has 2 atom stereocenters. The summed E-state index contributed by atoms with van der Waals surface area (Å²) in [6.07, 6.45) is 5.78. The second kappa shape index (κ2) is 13.3. The second-order valence-corrected chi connectivity index (χ2v) is 13.5. The van der Waals surface area contributed by atoms with Gasteiger partial charge in [-0.15, -0.1) is 0 Å². The Morgan fingerprint density at radius 3 is 1.54 bits per heavy atom. The minimum absolute atomic E-state index is 0.101. The number of nitrogens with zero attached hydrogens (tertiary/aromatic N) is 4. The van der Waals surface area contributed by atoms with E-state index in [9.17, 15) is 14.4 Å². The lowest BCUT2D eigenvalue weighted by Crippen LogP contribution is -2.37. The molecule has 0 spiro atoms. The Kier molecular flexibility index (Phi) is 8.18. The Balaban J connectivity index is 0.938. The molecule has 0 bridgehead atoms. The van der Waals surface area contributed by atoms with Crippen LogP contribution < -0.4 is 28.7 Å². The number of aliphatic imine (C=N–C) groups is 2. The molecule has 4 aliphatic heterocycles. The van der Waals surface area contributed by atoms with Crippen LogP contribution in [0.2, 0.25) is 0 Å². The third-order valence-corrected chi connectivity index (χ3v) is 10.3. The predicted molar refractivity (Wildman–Crippen MR) is 204 cm³/mol. The number of ether oxygens (including phenoxy) is 4. The van der Waals surface area contributed by atoms with E-state index in [0.717, 1.165) is 39.9 Å². The lowest BCUT2D eigenvalue weighted by atomic mass is 10.1. The van der Waals surface area contributed by atoms with E-state index >= 15 is 0 Å². The van der Waals surface area contributed by atoms with Crippen molar-refractivity contribution in [2.45, 2.75) is 38.1 Å². The molecule has 11 heteroatoms. The number of hydrogen-bond acceptors (Lipinski definition) is 9. The van der Waals surface area contributed by atoms with Crippen LogP contribution in [-0.4, -0.2) is 56.8 Å². The summed E-state index contributed by atoms with van der Waals surface area (Å²) >= 11 is 0. The molecule has 4 heterocycles. The summed E-state index contributed by atoms with van der Waals surface area (Å²) in [5.74, 6) is 1.29. The van der Waals surface area contributed by atoms with Crippen molar-refractivity contribution in [1.29, 1.82) is 0 Å². The maximum atomic E-state index is 13.8. The van der Waals surface area contributed by atoms with Gasteiger partial charge in [0.05, 0.1) is 48.8 Å². The molecule has 0 saturated heterocycles. The van der Waals surface area contributed by atoms with Gasteiger partial charge >= 0.3 is 0 Å². The number of aldehydes is 1. The molecule has 54 heavy (non-hydrogen) atoms. The van der Waals surface area contributed by atoms with Crippen LogP contribution in [-0.2, 0) is 26.1 Å². The molecule has 5 aromatic rings. The van der Waals surface area contributed by atoms with Gasteiger partial charge in [-0.05, 0) is 64.7 Å². The van der Waals surface area contributed by atoms with E-state index in [1.165, 1.54) is 14.2 Å². The van der Waals surface area contributed by atoms with Gasteiger partial charge in [0.1, 0.15) is 19.5 Å². The van der Waals surface area contributed by atoms with Crippen LogP contribution in [0.15, 0.2) is 101 Å².